The molecule has 2 aliphatic heterocycles. The van der Waals surface area contributed by atoms with Gasteiger partial charge >= 0.3 is 6.09 Å². The molecule has 0 aromatic rings. The Balaban J connectivity index is 1.69. The minimum atomic E-state index is -0.493. The maximum atomic E-state index is 12.6. The van der Waals surface area contributed by atoms with Crippen molar-refractivity contribution in [2.45, 2.75) is 90.1 Å². The summed E-state index contributed by atoms with van der Waals surface area (Å²) in [6.07, 6.45) is 3.50. The number of nitrogens with one attached hydrogen (secondary N) is 1. The summed E-state index contributed by atoms with van der Waals surface area (Å²) in [6, 6.07) is 0.257. The van der Waals surface area contributed by atoms with E-state index in [2.05, 4.69) is 24.1 Å². The first-order valence-corrected chi connectivity index (χ1v) is 9.58. The molecule has 3 rings (SSSR count). The second-order valence-corrected chi connectivity index (χ2v) is 9.08. The number of nitrogens with zero attached hydrogens (tertiary/aromatic N) is 1. The van der Waals surface area contributed by atoms with Gasteiger partial charge in [-0.25, -0.2) is 4.79 Å². The minimum absolute atomic E-state index is 0.0854. The quantitative estimate of drug-likeness (QED) is 0.829. The fraction of sp³-hybridized carbons (Fsp3) is 0.895. The van der Waals surface area contributed by atoms with E-state index in [0.29, 0.717) is 18.9 Å². The Morgan fingerprint density at radius 1 is 1.36 bits per heavy atom. The maximum absolute atomic E-state index is 12.6. The highest BCUT2D eigenvalue weighted by atomic mass is 16.6. The molecule has 1 spiro atoms. The summed E-state index contributed by atoms with van der Waals surface area (Å²) < 4.78 is 11.7. The van der Waals surface area contributed by atoms with Gasteiger partial charge in [-0.05, 0) is 52.4 Å². The molecular formula is C19H32N2O4. The molecule has 0 unspecified atom stereocenters. The van der Waals surface area contributed by atoms with E-state index in [9.17, 15) is 9.59 Å². The average Bonchev–Trinajstić information content (AvgIpc) is 2.87. The predicted octanol–water partition coefficient (Wildman–Crippen LogP) is 3.05. The van der Waals surface area contributed by atoms with E-state index in [-0.39, 0.29) is 30.0 Å². The Kier molecular flexibility index (Phi) is 4.77. The zero-order valence-electron chi connectivity index (χ0n) is 16.1. The monoisotopic (exact) mass is 352 g/mol. The van der Waals surface area contributed by atoms with Crippen LogP contribution in [0.15, 0.2) is 0 Å². The first-order valence-electron chi connectivity index (χ1n) is 9.58. The molecule has 4 atom stereocenters. The summed E-state index contributed by atoms with van der Waals surface area (Å²) in [4.78, 5) is 26.7. The molecule has 142 valence electrons. The molecule has 6 heteroatoms. The SMILES string of the molecule is CC(C)[C@H]1CO[C@]23CC[C@H](NC(=O)OC(C)(C)C)C[C@H]2CCC(=O)N13. The fourth-order valence-electron chi connectivity index (χ4n) is 4.65. The molecule has 25 heavy (non-hydrogen) atoms. The van der Waals surface area contributed by atoms with Gasteiger partial charge in [0.05, 0.1) is 12.6 Å². The minimum Gasteiger partial charge on any atom is -0.444 e. The number of carbonyl (C=O) groups excluding carboxylic acids is 2. The molecule has 3 aliphatic rings. The second-order valence-electron chi connectivity index (χ2n) is 9.08. The predicted molar refractivity (Wildman–Crippen MR) is 93.9 cm³/mol. The molecule has 2 heterocycles. The highest BCUT2D eigenvalue weighted by Gasteiger charge is 2.59. The molecule has 0 radical (unpaired) electrons. The van der Waals surface area contributed by atoms with Crippen LogP contribution in [0.3, 0.4) is 0 Å². The number of hydrogen-bond donors (Lipinski definition) is 1. The third kappa shape index (κ3) is 3.50. The molecule has 0 aromatic heterocycles. The normalized spacial score (nSPS) is 35.4. The molecule has 1 saturated carbocycles. The fourth-order valence-corrected chi connectivity index (χ4v) is 4.65. The van der Waals surface area contributed by atoms with E-state index in [1.807, 2.05) is 20.8 Å². The van der Waals surface area contributed by atoms with Gasteiger partial charge in [0.15, 0.2) is 0 Å². The zero-order chi connectivity index (χ0) is 18.4. The highest BCUT2D eigenvalue weighted by Crippen LogP contribution is 2.50. The number of carbonyl (C=O) groups is 2. The van der Waals surface area contributed by atoms with Crippen molar-refractivity contribution in [2.24, 2.45) is 11.8 Å². The van der Waals surface area contributed by atoms with E-state index in [0.717, 1.165) is 25.7 Å². The van der Waals surface area contributed by atoms with Gasteiger partial charge < -0.3 is 19.7 Å². The number of alkyl carbamates (subject to hydrolysis) is 1. The van der Waals surface area contributed by atoms with Crippen molar-refractivity contribution in [3.8, 4) is 0 Å². The molecule has 0 aromatic carbocycles. The third-order valence-corrected chi connectivity index (χ3v) is 5.77. The summed E-state index contributed by atoms with van der Waals surface area (Å²) >= 11 is 0. The van der Waals surface area contributed by atoms with Gasteiger partial charge in [-0.3, -0.25) is 4.79 Å². The van der Waals surface area contributed by atoms with Crippen LogP contribution in [0.2, 0.25) is 0 Å². The van der Waals surface area contributed by atoms with Crippen molar-refractivity contribution in [1.82, 2.24) is 10.2 Å². The lowest BCUT2D eigenvalue weighted by Crippen LogP contribution is -2.63. The van der Waals surface area contributed by atoms with Crippen molar-refractivity contribution in [3.63, 3.8) is 0 Å². The summed E-state index contributed by atoms with van der Waals surface area (Å²) in [6.45, 7) is 10.5. The molecule has 1 aliphatic carbocycles. The van der Waals surface area contributed by atoms with Gasteiger partial charge in [0.2, 0.25) is 5.91 Å². The van der Waals surface area contributed by atoms with Crippen molar-refractivity contribution < 1.29 is 19.1 Å². The number of ether oxygens (including phenoxy) is 2. The van der Waals surface area contributed by atoms with Crippen LogP contribution in [0.25, 0.3) is 0 Å². The van der Waals surface area contributed by atoms with Crippen LogP contribution in [0, 0.1) is 11.8 Å². The summed E-state index contributed by atoms with van der Waals surface area (Å²) in [5.74, 6) is 0.897. The van der Waals surface area contributed by atoms with Crippen molar-refractivity contribution in [1.29, 1.82) is 0 Å². The van der Waals surface area contributed by atoms with Crippen LogP contribution in [0.1, 0.15) is 66.7 Å². The van der Waals surface area contributed by atoms with E-state index in [4.69, 9.17) is 9.47 Å². The molecule has 2 saturated heterocycles. The van der Waals surface area contributed by atoms with E-state index >= 15 is 0 Å². The standard InChI is InChI=1S/C19H32N2O4/c1-12(2)15-11-24-19-9-8-14(20-17(23)25-18(3,4)5)10-13(19)6-7-16(22)21(15)19/h12-15H,6-11H2,1-5H3,(H,20,23)/t13-,14+,15-,19-/m1/s1. The van der Waals surface area contributed by atoms with Crippen LogP contribution < -0.4 is 5.32 Å². The topological polar surface area (TPSA) is 67.9 Å². The van der Waals surface area contributed by atoms with Gasteiger partial charge in [0, 0.05) is 18.4 Å². The third-order valence-electron chi connectivity index (χ3n) is 5.77. The molecular weight excluding hydrogens is 320 g/mol. The summed E-state index contributed by atoms with van der Waals surface area (Å²) in [7, 11) is 0. The lowest BCUT2D eigenvalue weighted by atomic mass is 9.72. The van der Waals surface area contributed by atoms with Gasteiger partial charge in [-0.2, -0.15) is 0 Å². The lowest BCUT2D eigenvalue weighted by molar-refractivity contribution is -0.188. The Bertz CT molecular complexity index is 542. The number of amides is 2. The smallest absolute Gasteiger partial charge is 0.407 e. The van der Waals surface area contributed by atoms with Crippen LogP contribution in [0.5, 0.6) is 0 Å². The Morgan fingerprint density at radius 2 is 2.08 bits per heavy atom. The van der Waals surface area contributed by atoms with Gasteiger partial charge in [0.25, 0.3) is 0 Å². The largest absolute Gasteiger partial charge is 0.444 e. The Labute approximate surface area is 150 Å². The Morgan fingerprint density at radius 3 is 2.72 bits per heavy atom. The van der Waals surface area contributed by atoms with Crippen LogP contribution in [-0.4, -0.2) is 46.9 Å². The molecule has 2 amide bonds. The number of piperidine rings is 1. The van der Waals surface area contributed by atoms with E-state index in [1.54, 1.807) is 0 Å². The van der Waals surface area contributed by atoms with Gasteiger partial charge in [-0.15, -0.1) is 0 Å². The summed E-state index contributed by atoms with van der Waals surface area (Å²) in [5.41, 5.74) is -0.941. The number of hydrogen-bond acceptors (Lipinski definition) is 4. The van der Waals surface area contributed by atoms with Crippen LogP contribution >= 0.6 is 0 Å². The van der Waals surface area contributed by atoms with Crippen molar-refractivity contribution in [3.05, 3.63) is 0 Å². The molecule has 1 N–H and O–H groups in total. The lowest BCUT2D eigenvalue weighted by Gasteiger charge is -2.52. The first kappa shape index (κ1) is 18.5. The summed E-state index contributed by atoms with van der Waals surface area (Å²) in [5, 5.41) is 3.01. The highest BCUT2D eigenvalue weighted by molar-refractivity contribution is 5.78. The molecule has 0 bridgehead atoms. The second kappa shape index (κ2) is 6.45. The maximum Gasteiger partial charge on any atom is 0.407 e. The Hall–Kier alpha value is -1.30. The van der Waals surface area contributed by atoms with Crippen molar-refractivity contribution in [2.75, 3.05) is 6.61 Å². The van der Waals surface area contributed by atoms with Gasteiger partial charge in [-0.1, -0.05) is 13.8 Å². The van der Waals surface area contributed by atoms with Crippen molar-refractivity contribution >= 4 is 12.0 Å². The van der Waals surface area contributed by atoms with Crippen LogP contribution in [0.4, 0.5) is 4.79 Å². The number of rotatable bonds is 2. The first-order chi connectivity index (χ1) is 11.6. The zero-order valence-corrected chi connectivity index (χ0v) is 16.1. The molecule has 6 nitrogen and oxygen atoms in total. The van der Waals surface area contributed by atoms with Crippen LogP contribution in [-0.2, 0) is 14.3 Å². The van der Waals surface area contributed by atoms with Gasteiger partial charge in [0.1, 0.15) is 11.3 Å². The average molecular weight is 352 g/mol. The van der Waals surface area contributed by atoms with E-state index < -0.39 is 11.3 Å². The molecule has 3 fully saturated rings. The van der Waals surface area contributed by atoms with E-state index in [1.165, 1.54) is 0 Å².